The van der Waals surface area contributed by atoms with Crippen LogP contribution < -0.4 is 4.74 Å². The Morgan fingerprint density at radius 1 is 0.816 bits per heavy atom. The highest BCUT2D eigenvalue weighted by Gasteiger charge is 2.23. The molecule has 1 amide bonds. The summed E-state index contributed by atoms with van der Waals surface area (Å²) in [5.74, 6) is 0.718. The second kappa shape index (κ2) is 11.6. The zero-order chi connectivity index (χ0) is 26.3. The Hall–Kier alpha value is -4.64. The summed E-state index contributed by atoms with van der Waals surface area (Å²) in [6.07, 6.45) is 0.767. The van der Waals surface area contributed by atoms with Crippen molar-refractivity contribution in [3.05, 3.63) is 138 Å². The first kappa shape index (κ1) is 25.0. The normalized spacial score (nSPS) is 10.8. The third-order valence-corrected chi connectivity index (χ3v) is 6.61. The molecule has 0 spiro atoms. The van der Waals surface area contributed by atoms with Gasteiger partial charge in [-0.25, -0.2) is 4.68 Å². The lowest BCUT2D eigenvalue weighted by molar-refractivity contribution is 0.0736. The van der Waals surface area contributed by atoms with Crippen molar-refractivity contribution in [2.24, 2.45) is 0 Å². The maximum Gasteiger partial charge on any atom is 0.272 e. The quantitative estimate of drug-likeness (QED) is 0.225. The molecule has 0 saturated heterocycles. The van der Waals surface area contributed by atoms with Crippen molar-refractivity contribution in [1.29, 1.82) is 0 Å². The van der Waals surface area contributed by atoms with Gasteiger partial charge in [0.25, 0.3) is 5.91 Å². The summed E-state index contributed by atoms with van der Waals surface area (Å²) in [6, 6.07) is 38.1. The predicted octanol–water partition coefficient (Wildman–Crippen LogP) is 6.74. The first-order valence-corrected chi connectivity index (χ1v) is 12.8. The van der Waals surface area contributed by atoms with Gasteiger partial charge >= 0.3 is 0 Å². The number of rotatable bonds is 9. The van der Waals surface area contributed by atoms with Crippen LogP contribution in [0.2, 0.25) is 0 Å². The highest BCUT2D eigenvalue weighted by molar-refractivity contribution is 5.94. The predicted molar refractivity (Wildman–Crippen MR) is 152 cm³/mol. The molecule has 0 aliphatic rings. The fourth-order valence-electron chi connectivity index (χ4n) is 4.45. The fraction of sp³-hybridized carbons (Fsp3) is 0.152. The average Bonchev–Trinajstić information content (AvgIpc) is 3.42. The molecule has 0 atom stereocenters. The molecule has 0 saturated carbocycles. The fourth-order valence-corrected chi connectivity index (χ4v) is 4.45. The molecule has 38 heavy (non-hydrogen) atoms. The van der Waals surface area contributed by atoms with E-state index in [4.69, 9.17) is 9.84 Å². The van der Waals surface area contributed by atoms with Gasteiger partial charge in [-0.05, 0) is 66.9 Å². The Balaban J connectivity index is 1.53. The third-order valence-electron chi connectivity index (χ3n) is 6.61. The van der Waals surface area contributed by atoms with E-state index >= 15 is 0 Å². The van der Waals surface area contributed by atoms with Crippen LogP contribution in [0, 0.1) is 6.92 Å². The van der Waals surface area contributed by atoms with Crippen LogP contribution in [0.15, 0.2) is 115 Å². The maximum absolute atomic E-state index is 14.2. The lowest BCUT2D eigenvalue weighted by Crippen LogP contribution is -2.34. The molecule has 0 bridgehead atoms. The van der Waals surface area contributed by atoms with Crippen molar-refractivity contribution >= 4 is 5.91 Å². The van der Waals surface area contributed by atoms with Crippen molar-refractivity contribution < 1.29 is 9.53 Å². The number of nitrogens with zero attached hydrogens (tertiary/aromatic N) is 3. The van der Waals surface area contributed by atoms with Crippen LogP contribution in [0.3, 0.4) is 0 Å². The van der Waals surface area contributed by atoms with Gasteiger partial charge in [-0.15, -0.1) is 0 Å². The Morgan fingerprint density at radius 2 is 1.45 bits per heavy atom. The highest BCUT2D eigenvalue weighted by atomic mass is 16.5. The van der Waals surface area contributed by atoms with E-state index in [1.807, 2.05) is 103 Å². The molecule has 5 rings (SSSR count). The molecule has 1 aromatic heterocycles. The van der Waals surface area contributed by atoms with E-state index < -0.39 is 0 Å². The number of amides is 1. The van der Waals surface area contributed by atoms with E-state index in [-0.39, 0.29) is 5.91 Å². The zero-order valence-electron chi connectivity index (χ0n) is 21.7. The van der Waals surface area contributed by atoms with Gasteiger partial charge in [0.15, 0.2) is 0 Å². The highest BCUT2D eigenvalue weighted by Crippen LogP contribution is 2.25. The van der Waals surface area contributed by atoms with Crippen molar-refractivity contribution in [3.63, 3.8) is 0 Å². The smallest absolute Gasteiger partial charge is 0.272 e. The molecule has 0 radical (unpaired) electrons. The SMILES string of the molecule is COc1ccc(-c2cc(C(=O)N(CCc3ccccc3)Cc3ccccc3)n(-c3ccc(C)cc3)n2)cc1. The first-order valence-electron chi connectivity index (χ1n) is 12.8. The maximum atomic E-state index is 14.2. The number of benzene rings is 4. The van der Waals surface area contributed by atoms with E-state index in [9.17, 15) is 4.79 Å². The molecule has 0 aliphatic heterocycles. The summed E-state index contributed by atoms with van der Waals surface area (Å²) in [4.78, 5) is 16.1. The van der Waals surface area contributed by atoms with Crippen LogP contribution in [0.1, 0.15) is 27.2 Å². The molecule has 0 aliphatic carbocycles. The summed E-state index contributed by atoms with van der Waals surface area (Å²) in [5, 5.41) is 4.89. The molecule has 5 nitrogen and oxygen atoms in total. The Kier molecular flexibility index (Phi) is 7.65. The van der Waals surface area contributed by atoms with Crippen LogP contribution in [-0.2, 0) is 13.0 Å². The summed E-state index contributed by atoms with van der Waals surface area (Å²) in [5.41, 5.74) is 6.47. The lowest BCUT2D eigenvalue weighted by atomic mass is 10.1. The van der Waals surface area contributed by atoms with Crippen LogP contribution in [0.5, 0.6) is 5.75 Å². The average molecular weight is 502 g/mol. The second-order valence-electron chi connectivity index (χ2n) is 9.34. The third kappa shape index (κ3) is 5.84. The lowest BCUT2D eigenvalue weighted by Gasteiger charge is -2.23. The molecular formula is C33H31N3O2. The van der Waals surface area contributed by atoms with Gasteiger partial charge in [0.1, 0.15) is 11.4 Å². The first-order chi connectivity index (χ1) is 18.6. The second-order valence-corrected chi connectivity index (χ2v) is 9.34. The van der Waals surface area contributed by atoms with E-state index in [1.54, 1.807) is 11.8 Å². The van der Waals surface area contributed by atoms with Gasteiger partial charge < -0.3 is 9.64 Å². The van der Waals surface area contributed by atoms with Gasteiger partial charge in [0.2, 0.25) is 0 Å². The Morgan fingerprint density at radius 3 is 2.08 bits per heavy atom. The largest absolute Gasteiger partial charge is 0.497 e. The molecule has 1 heterocycles. The standard InChI is InChI=1S/C33H31N3O2/c1-25-13-17-29(18-14-25)36-32(23-31(34-36)28-15-19-30(38-2)20-16-28)33(37)35(24-27-11-7-4-8-12-27)22-21-26-9-5-3-6-10-26/h3-20,23H,21-22,24H2,1-2H3. The Labute approximate surface area is 223 Å². The molecule has 190 valence electrons. The van der Waals surface area contributed by atoms with Gasteiger partial charge in [-0.3, -0.25) is 4.79 Å². The van der Waals surface area contributed by atoms with E-state index in [2.05, 4.69) is 24.3 Å². The number of carbonyl (C=O) groups is 1. The van der Waals surface area contributed by atoms with Crippen molar-refractivity contribution in [3.8, 4) is 22.7 Å². The minimum atomic E-state index is -0.0578. The van der Waals surface area contributed by atoms with E-state index in [0.29, 0.717) is 18.8 Å². The number of methoxy groups -OCH3 is 1. The molecule has 0 N–H and O–H groups in total. The minimum absolute atomic E-state index is 0.0578. The molecule has 5 heteroatoms. The number of ether oxygens (including phenoxy) is 1. The van der Waals surface area contributed by atoms with Crippen molar-refractivity contribution in [2.75, 3.05) is 13.7 Å². The van der Waals surface area contributed by atoms with Gasteiger partial charge in [-0.1, -0.05) is 78.4 Å². The molecule has 4 aromatic carbocycles. The number of aryl methyl sites for hydroxylation is 1. The van der Waals surface area contributed by atoms with E-state index in [1.165, 1.54) is 5.56 Å². The molecular weight excluding hydrogens is 470 g/mol. The summed E-state index contributed by atoms with van der Waals surface area (Å²) in [6.45, 7) is 3.16. The van der Waals surface area contributed by atoms with Crippen molar-refractivity contribution in [1.82, 2.24) is 14.7 Å². The Bertz CT molecular complexity index is 1480. The van der Waals surface area contributed by atoms with Crippen LogP contribution >= 0.6 is 0 Å². The monoisotopic (exact) mass is 501 g/mol. The van der Waals surface area contributed by atoms with Crippen LogP contribution in [0.4, 0.5) is 0 Å². The van der Waals surface area contributed by atoms with Crippen LogP contribution in [-0.4, -0.2) is 34.2 Å². The molecule has 0 fully saturated rings. The molecule has 0 unspecified atom stereocenters. The van der Waals surface area contributed by atoms with Gasteiger partial charge in [-0.2, -0.15) is 5.10 Å². The number of hydrogen-bond acceptors (Lipinski definition) is 3. The number of aromatic nitrogens is 2. The topological polar surface area (TPSA) is 47.4 Å². The number of carbonyl (C=O) groups excluding carboxylic acids is 1. The van der Waals surface area contributed by atoms with Crippen molar-refractivity contribution in [2.45, 2.75) is 19.9 Å². The zero-order valence-corrected chi connectivity index (χ0v) is 21.7. The number of hydrogen-bond donors (Lipinski definition) is 0. The minimum Gasteiger partial charge on any atom is -0.497 e. The summed E-state index contributed by atoms with van der Waals surface area (Å²) in [7, 11) is 1.65. The van der Waals surface area contributed by atoms with E-state index in [0.717, 1.165) is 40.2 Å². The molecule has 5 aromatic rings. The van der Waals surface area contributed by atoms with Gasteiger partial charge in [0, 0.05) is 18.7 Å². The summed E-state index contributed by atoms with van der Waals surface area (Å²) >= 11 is 0. The van der Waals surface area contributed by atoms with Gasteiger partial charge in [0.05, 0.1) is 18.5 Å². The summed E-state index contributed by atoms with van der Waals surface area (Å²) < 4.78 is 7.08. The van der Waals surface area contributed by atoms with Crippen LogP contribution in [0.25, 0.3) is 16.9 Å².